The Hall–Kier alpha value is -5.68. The average Bonchev–Trinajstić information content (AvgIpc) is 3.71. The van der Waals surface area contributed by atoms with Crippen LogP contribution in [-0.4, -0.2) is 99.9 Å². The van der Waals surface area contributed by atoms with E-state index < -0.39 is 51.6 Å². The molecule has 0 aliphatic carbocycles. The minimum absolute atomic E-state index is 0.0130. The summed E-state index contributed by atoms with van der Waals surface area (Å²) in [6.07, 6.45) is 8.28. The van der Waals surface area contributed by atoms with E-state index in [1.807, 2.05) is 23.9 Å². The van der Waals surface area contributed by atoms with Gasteiger partial charge in [0, 0.05) is 24.9 Å². The highest BCUT2D eigenvalue weighted by atomic mass is 32.2. The summed E-state index contributed by atoms with van der Waals surface area (Å²) in [6.45, 7) is 7.04. The van der Waals surface area contributed by atoms with E-state index in [1.165, 1.54) is 29.5 Å². The van der Waals surface area contributed by atoms with E-state index in [9.17, 15) is 32.3 Å². The van der Waals surface area contributed by atoms with Crippen molar-refractivity contribution in [3.63, 3.8) is 0 Å². The number of imidazole rings is 1. The maximum atomic E-state index is 13.5. The number of carbonyl (C=O) groups excluding carboxylic acids is 4. The van der Waals surface area contributed by atoms with Crippen molar-refractivity contribution in [2.24, 2.45) is 12.2 Å². The van der Waals surface area contributed by atoms with Crippen LogP contribution in [0.3, 0.4) is 0 Å². The Morgan fingerprint density at radius 1 is 1.23 bits per heavy atom. The number of oxime groups is 1. The van der Waals surface area contributed by atoms with Crippen LogP contribution in [0.15, 0.2) is 66.3 Å². The number of anilines is 1. The Labute approximate surface area is 296 Å². The highest BCUT2D eigenvalue weighted by Gasteiger charge is 2.56. The van der Waals surface area contributed by atoms with Crippen LogP contribution in [0.2, 0.25) is 0 Å². The van der Waals surface area contributed by atoms with Crippen LogP contribution < -0.4 is 15.2 Å². The Balaban J connectivity index is 0.000000677. The fourth-order valence-electron chi connectivity index (χ4n) is 4.93. The summed E-state index contributed by atoms with van der Waals surface area (Å²) in [4.78, 5) is 66.7. The Morgan fingerprint density at radius 3 is 2.54 bits per heavy atom. The quantitative estimate of drug-likeness (QED) is 0.0414. The van der Waals surface area contributed by atoms with E-state index in [0.717, 1.165) is 22.4 Å². The van der Waals surface area contributed by atoms with E-state index in [-0.39, 0.29) is 35.4 Å². The number of β-lactam (4-membered cyclic amide) rings is 1. The second-order valence-corrected chi connectivity index (χ2v) is 12.7. The first-order valence-electron chi connectivity index (χ1n) is 14.6. The zero-order chi connectivity index (χ0) is 38.4. The van der Waals surface area contributed by atoms with Crippen molar-refractivity contribution in [3.8, 4) is 0 Å². The van der Waals surface area contributed by atoms with Crippen molar-refractivity contribution >= 4 is 72.9 Å². The Bertz CT molecular complexity index is 2080. The van der Waals surface area contributed by atoms with Gasteiger partial charge in [0.05, 0.1) is 12.4 Å². The van der Waals surface area contributed by atoms with Crippen LogP contribution in [-0.2, 0) is 45.9 Å². The van der Waals surface area contributed by atoms with Crippen LogP contribution in [0, 0.1) is 0 Å². The largest absolute Gasteiger partial charge is 0.741 e. The molecule has 0 saturated carbocycles. The minimum Gasteiger partial charge on any atom is -0.741 e. The number of aromatic nitrogens is 4. The first-order valence-corrected chi connectivity index (χ1v) is 16.9. The van der Waals surface area contributed by atoms with Crippen LogP contribution in [0.25, 0.3) is 16.7 Å². The Kier molecular flexibility index (Phi) is 12.1. The predicted molar refractivity (Wildman–Crippen MR) is 174 cm³/mol. The molecule has 52 heavy (non-hydrogen) atoms. The first-order chi connectivity index (χ1) is 24.5. The highest BCUT2D eigenvalue weighted by molar-refractivity contribution is 7.86. The Morgan fingerprint density at radius 2 is 1.90 bits per heavy atom. The van der Waals surface area contributed by atoms with Crippen LogP contribution in [0.4, 0.5) is 23.1 Å². The van der Waals surface area contributed by atoms with E-state index >= 15 is 0 Å². The number of halogens is 3. The van der Waals surface area contributed by atoms with Gasteiger partial charge in [-0.2, -0.15) is 17.7 Å². The van der Waals surface area contributed by atoms with E-state index in [0.29, 0.717) is 18.5 Å². The number of fused-ring (bicyclic) bond motifs is 2. The standard InChI is InChI=1S/C28H28N8O7S.CHF3O3S/c1-5-11-42-26(39)23-19(35-10-9-16-20(13-35)34(3)15-29-16)8-7-18-22(25(38)36(18)23)31-24(37)21(33-41-4)17-14-44-27(30-17)32-28(40)43-12-6-2;2-1(3,4)8(5,6)7/h5-6,9-10,13-15,18,22H,1-2,7-8,11-12H2,3-4H3,(H-,30,31,32,37,40);(H,5,6,7)/b33-21-;/t18?,22-;/m1./s1. The molecular weight excluding hydrogens is 741 g/mol. The predicted octanol–water partition coefficient (Wildman–Crippen LogP) is 1.54. The summed E-state index contributed by atoms with van der Waals surface area (Å²) in [5.74, 6) is -1.90. The van der Waals surface area contributed by atoms with Gasteiger partial charge in [-0.05, 0) is 6.42 Å². The number of amides is 3. The smallest absolute Gasteiger partial charge is 0.485 e. The number of ether oxygens (including phenoxy) is 2. The lowest BCUT2D eigenvalue weighted by Crippen LogP contribution is -2.72. The number of pyridine rings is 1. The number of alkyl halides is 3. The van der Waals surface area contributed by atoms with E-state index in [2.05, 4.69) is 38.9 Å². The zero-order valence-electron chi connectivity index (χ0n) is 27.2. The second-order valence-electron chi connectivity index (χ2n) is 10.5. The van der Waals surface area contributed by atoms with Gasteiger partial charge in [-0.25, -0.2) is 28.0 Å². The third-order valence-corrected chi connectivity index (χ3v) is 8.50. The number of carbonyl (C=O) groups is 4. The normalized spacial score (nSPS) is 17.2. The van der Waals surface area contributed by atoms with Gasteiger partial charge in [0.2, 0.25) is 11.9 Å². The maximum Gasteiger partial charge on any atom is 0.485 e. The average molecular weight is 771 g/mol. The summed E-state index contributed by atoms with van der Waals surface area (Å²) in [7, 11) is -2.97. The monoisotopic (exact) mass is 770 g/mol. The van der Waals surface area contributed by atoms with Crippen molar-refractivity contribution in [2.75, 3.05) is 25.6 Å². The van der Waals surface area contributed by atoms with E-state index in [4.69, 9.17) is 27.3 Å². The van der Waals surface area contributed by atoms with Crippen LogP contribution >= 0.6 is 11.3 Å². The fraction of sp³-hybridized carbons (Fsp3) is 0.310. The molecule has 23 heteroatoms. The summed E-state index contributed by atoms with van der Waals surface area (Å²) >= 11 is 1.04. The molecule has 2 atom stereocenters. The summed E-state index contributed by atoms with van der Waals surface area (Å²) in [6, 6.07) is 0.365. The zero-order valence-corrected chi connectivity index (χ0v) is 28.8. The van der Waals surface area contributed by atoms with Gasteiger partial charge in [0.15, 0.2) is 32.9 Å². The van der Waals surface area contributed by atoms with Crippen molar-refractivity contribution in [1.82, 2.24) is 24.8 Å². The highest BCUT2D eigenvalue weighted by Crippen LogP contribution is 2.37. The third kappa shape index (κ3) is 8.60. The minimum atomic E-state index is -6.09. The molecule has 0 radical (unpaired) electrons. The number of aryl methyl sites for hydroxylation is 1. The lowest BCUT2D eigenvalue weighted by Gasteiger charge is -2.49. The first kappa shape index (κ1) is 39.1. The van der Waals surface area contributed by atoms with Gasteiger partial charge in [0.25, 0.3) is 11.8 Å². The molecule has 3 aromatic heterocycles. The number of rotatable bonds is 11. The van der Waals surface area contributed by atoms with Crippen LogP contribution in [0.5, 0.6) is 0 Å². The molecule has 3 aromatic rings. The van der Waals surface area contributed by atoms with Crippen molar-refractivity contribution in [3.05, 3.63) is 66.9 Å². The van der Waals surface area contributed by atoms with Gasteiger partial charge >= 0.3 is 17.6 Å². The molecule has 2 aliphatic heterocycles. The lowest BCUT2D eigenvalue weighted by molar-refractivity contribution is -0.583. The van der Waals surface area contributed by atoms with Gasteiger partial charge in [0.1, 0.15) is 43.1 Å². The number of thiazole rings is 1. The topological polar surface area (TPSA) is 227 Å². The fourth-order valence-corrected chi connectivity index (χ4v) is 5.61. The number of allylic oxidation sites excluding steroid dienone is 1. The molecule has 0 spiro atoms. The molecule has 5 rings (SSSR count). The maximum absolute atomic E-state index is 13.5. The van der Waals surface area contributed by atoms with Crippen molar-refractivity contribution < 1.29 is 64.2 Å². The molecule has 0 aromatic carbocycles. The second kappa shape index (κ2) is 16.1. The molecule has 1 fully saturated rings. The molecule has 1 unspecified atom stereocenters. The SMILES string of the molecule is C=CCOC(=O)Nc1nc(/C(=N/OC)C(=O)N[C@H]2C(=O)N3C(C(=O)OCC=C)=C([n+]4ccc5ncn(C)c5c4)CCC23)cs1.O=S(=O)([O-])C(F)(F)F. The summed E-state index contributed by atoms with van der Waals surface area (Å²) < 4.78 is 72.8. The third-order valence-electron chi connectivity index (χ3n) is 7.17. The lowest BCUT2D eigenvalue weighted by atomic mass is 9.85. The summed E-state index contributed by atoms with van der Waals surface area (Å²) in [5, 5.41) is 10.6. The molecule has 3 amide bonds. The van der Waals surface area contributed by atoms with Crippen LogP contribution in [0.1, 0.15) is 18.5 Å². The molecular formula is C29H29F3N8O10S2. The van der Waals surface area contributed by atoms with Gasteiger partial charge < -0.3 is 28.7 Å². The summed E-state index contributed by atoms with van der Waals surface area (Å²) in [5.41, 5.74) is -3.46. The number of nitrogens with one attached hydrogen (secondary N) is 2. The molecule has 278 valence electrons. The van der Waals surface area contributed by atoms with Gasteiger partial charge in [-0.15, -0.1) is 11.3 Å². The van der Waals surface area contributed by atoms with Crippen molar-refractivity contribution in [2.45, 2.75) is 30.4 Å². The molecule has 5 heterocycles. The number of hydrogen-bond acceptors (Lipinski definition) is 14. The molecule has 2 aliphatic rings. The molecule has 0 bridgehead atoms. The van der Waals surface area contributed by atoms with E-state index in [1.54, 1.807) is 17.1 Å². The molecule has 2 N–H and O–H groups in total. The van der Waals surface area contributed by atoms with Gasteiger partial charge in [-0.1, -0.05) is 30.5 Å². The van der Waals surface area contributed by atoms with Crippen molar-refractivity contribution in [1.29, 1.82) is 0 Å². The molecule has 18 nitrogen and oxygen atoms in total. The number of hydrogen-bond donors (Lipinski definition) is 2. The number of esters is 1. The molecule has 1 saturated heterocycles. The number of nitrogens with zero attached hydrogens (tertiary/aromatic N) is 6. The van der Waals surface area contributed by atoms with Gasteiger partial charge in [-0.3, -0.25) is 19.8 Å².